The molecule has 1 heterocycles. The highest BCUT2D eigenvalue weighted by molar-refractivity contribution is 5.97. The lowest BCUT2D eigenvalue weighted by Gasteiger charge is -2.25. The maximum atomic E-state index is 12.9. The number of amides is 1. The quantitative estimate of drug-likeness (QED) is 0.691. The van der Waals surface area contributed by atoms with Crippen LogP contribution >= 0.6 is 0 Å². The van der Waals surface area contributed by atoms with E-state index in [-0.39, 0.29) is 11.6 Å². The van der Waals surface area contributed by atoms with E-state index in [1.807, 2.05) is 30.3 Å². The maximum absolute atomic E-state index is 12.9. The lowest BCUT2D eigenvalue weighted by molar-refractivity contribution is -0.384. The zero-order chi connectivity index (χ0) is 17.3. The molecule has 2 unspecified atom stereocenters. The molecule has 0 fully saturated rings. The Hall–Kier alpha value is -2.73. The highest BCUT2D eigenvalue weighted by Crippen LogP contribution is 2.34. The number of nitrogens with two attached hydrogens (primary N) is 1. The summed E-state index contributed by atoms with van der Waals surface area (Å²) in [6.07, 6.45) is 0.701. The van der Waals surface area contributed by atoms with Crippen molar-refractivity contribution in [1.29, 1.82) is 0 Å². The molecule has 1 amide bonds. The predicted molar refractivity (Wildman–Crippen MR) is 91.7 cm³/mol. The molecular formula is C18H19N3O3. The van der Waals surface area contributed by atoms with Crippen LogP contribution in [0.1, 0.15) is 24.1 Å². The number of benzene rings is 2. The first-order valence-electron chi connectivity index (χ1n) is 7.88. The molecule has 24 heavy (non-hydrogen) atoms. The lowest BCUT2D eigenvalue weighted by atomic mass is 9.94. The van der Waals surface area contributed by atoms with Crippen LogP contribution < -0.4 is 10.6 Å². The number of nitro benzene ring substituents is 1. The second-order valence-electron chi connectivity index (χ2n) is 6.04. The zero-order valence-corrected chi connectivity index (χ0v) is 13.4. The minimum Gasteiger partial charge on any atom is -0.323 e. The normalized spacial score (nSPS) is 15.7. The van der Waals surface area contributed by atoms with Crippen LogP contribution in [0.15, 0.2) is 48.5 Å². The number of nitrogens with zero attached hydrogens (tertiary/aromatic N) is 2. The summed E-state index contributed by atoms with van der Waals surface area (Å²) in [5.41, 5.74) is 8.72. The highest BCUT2D eigenvalue weighted by atomic mass is 16.6. The van der Waals surface area contributed by atoms with Gasteiger partial charge < -0.3 is 10.6 Å². The molecule has 0 saturated heterocycles. The molecule has 0 spiro atoms. The summed E-state index contributed by atoms with van der Waals surface area (Å²) in [7, 11) is 0. The van der Waals surface area contributed by atoms with Gasteiger partial charge in [0.2, 0.25) is 5.91 Å². The number of anilines is 1. The van der Waals surface area contributed by atoms with Crippen LogP contribution in [0.5, 0.6) is 0 Å². The van der Waals surface area contributed by atoms with Crippen LogP contribution in [0.25, 0.3) is 0 Å². The van der Waals surface area contributed by atoms with Crippen molar-refractivity contribution in [3.05, 3.63) is 69.8 Å². The molecule has 0 saturated carbocycles. The minimum atomic E-state index is -0.444. The van der Waals surface area contributed by atoms with E-state index in [1.165, 1.54) is 12.1 Å². The summed E-state index contributed by atoms with van der Waals surface area (Å²) in [4.78, 5) is 25.0. The zero-order valence-electron chi connectivity index (χ0n) is 13.4. The molecule has 1 aliphatic heterocycles. The Kier molecular flexibility index (Phi) is 4.31. The number of rotatable bonds is 4. The fourth-order valence-electron chi connectivity index (χ4n) is 3.07. The minimum absolute atomic E-state index is 0.00605. The number of carbonyl (C=O) groups is 1. The van der Waals surface area contributed by atoms with Crippen molar-refractivity contribution in [2.45, 2.75) is 19.4 Å². The summed E-state index contributed by atoms with van der Waals surface area (Å²) < 4.78 is 0. The summed E-state index contributed by atoms with van der Waals surface area (Å²) in [6, 6.07) is 13.7. The van der Waals surface area contributed by atoms with Crippen molar-refractivity contribution in [1.82, 2.24) is 0 Å². The smallest absolute Gasteiger partial charge is 0.271 e. The Bertz CT molecular complexity index is 776. The highest BCUT2D eigenvalue weighted by Gasteiger charge is 2.32. The molecule has 6 nitrogen and oxygen atoms in total. The molecule has 2 aromatic rings. The Morgan fingerprint density at radius 1 is 1.25 bits per heavy atom. The van der Waals surface area contributed by atoms with Gasteiger partial charge in [-0.2, -0.15) is 0 Å². The molecule has 124 valence electrons. The number of hydrogen-bond donors (Lipinski definition) is 1. The molecule has 1 aliphatic rings. The predicted octanol–water partition coefficient (Wildman–Crippen LogP) is 2.82. The van der Waals surface area contributed by atoms with Crippen molar-refractivity contribution in [3.8, 4) is 0 Å². The number of hydrogen-bond acceptors (Lipinski definition) is 4. The van der Waals surface area contributed by atoms with E-state index >= 15 is 0 Å². The molecule has 3 rings (SSSR count). The second-order valence-corrected chi connectivity index (χ2v) is 6.04. The first-order valence-corrected chi connectivity index (χ1v) is 7.88. The topological polar surface area (TPSA) is 89.5 Å². The Labute approximate surface area is 140 Å². The van der Waals surface area contributed by atoms with Gasteiger partial charge in [-0.05, 0) is 17.5 Å². The van der Waals surface area contributed by atoms with E-state index < -0.39 is 16.9 Å². The van der Waals surface area contributed by atoms with E-state index in [0.29, 0.717) is 18.7 Å². The fourth-order valence-corrected chi connectivity index (χ4v) is 3.07. The maximum Gasteiger partial charge on any atom is 0.271 e. The van der Waals surface area contributed by atoms with Crippen LogP contribution in [0, 0.1) is 16.0 Å². The van der Waals surface area contributed by atoms with Crippen molar-refractivity contribution < 1.29 is 9.72 Å². The van der Waals surface area contributed by atoms with Gasteiger partial charge in [-0.15, -0.1) is 0 Å². The Balaban J connectivity index is 1.85. The van der Waals surface area contributed by atoms with Gasteiger partial charge in [-0.25, -0.2) is 0 Å². The molecule has 2 N–H and O–H groups in total. The third-order valence-corrected chi connectivity index (χ3v) is 4.55. The number of nitro groups is 1. The molecule has 0 radical (unpaired) electrons. The second kappa shape index (κ2) is 6.41. The molecule has 0 aliphatic carbocycles. The average Bonchev–Trinajstić information content (AvgIpc) is 3.03. The summed E-state index contributed by atoms with van der Waals surface area (Å²) >= 11 is 0. The Morgan fingerprint density at radius 3 is 2.62 bits per heavy atom. The van der Waals surface area contributed by atoms with Gasteiger partial charge in [-0.1, -0.05) is 43.3 Å². The van der Waals surface area contributed by atoms with Crippen LogP contribution in [-0.4, -0.2) is 17.4 Å². The van der Waals surface area contributed by atoms with Gasteiger partial charge in [0.1, 0.15) is 0 Å². The third-order valence-electron chi connectivity index (χ3n) is 4.55. The molecule has 6 heteroatoms. The van der Waals surface area contributed by atoms with E-state index in [1.54, 1.807) is 17.9 Å². The first-order chi connectivity index (χ1) is 11.5. The van der Waals surface area contributed by atoms with E-state index in [2.05, 4.69) is 0 Å². The largest absolute Gasteiger partial charge is 0.323 e. The van der Waals surface area contributed by atoms with Gasteiger partial charge >= 0.3 is 0 Å². The van der Waals surface area contributed by atoms with Gasteiger partial charge in [-0.3, -0.25) is 14.9 Å². The van der Waals surface area contributed by atoms with Crippen LogP contribution in [0.3, 0.4) is 0 Å². The van der Waals surface area contributed by atoms with Gasteiger partial charge in [0.15, 0.2) is 0 Å². The molecular weight excluding hydrogens is 306 g/mol. The first kappa shape index (κ1) is 16.1. The van der Waals surface area contributed by atoms with E-state index in [9.17, 15) is 14.9 Å². The lowest BCUT2D eigenvalue weighted by Crippen LogP contribution is -2.38. The monoisotopic (exact) mass is 325 g/mol. The molecule has 2 atom stereocenters. The van der Waals surface area contributed by atoms with Crippen molar-refractivity contribution in [2.75, 3.05) is 11.4 Å². The fraction of sp³-hybridized carbons (Fsp3) is 0.278. The molecule has 2 aromatic carbocycles. The summed E-state index contributed by atoms with van der Waals surface area (Å²) in [5, 5.41) is 11.0. The summed E-state index contributed by atoms with van der Waals surface area (Å²) in [5.74, 6) is -0.525. The number of carbonyl (C=O) groups excluding carboxylic acids is 1. The van der Waals surface area contributed by atoms with Crippen molar-refractivity contribution in [2.24, 2.45) is 11.7 Å². The molecule has 0 bridgehead atoms. The van der Waals surface area contributed by atoms with E-state index in [4.69, 9.17) is 5.73 Å². The van der Waals surface area contributed by atoms with Gasteiger partial charge in [0, 0.05) is 24.7 Å². The SMILES string of the molecule is CC(C(=O)N1CCc2ccc([N+](=O)[O-])cc21)C(N)c1ccccc1. The van der Waals surface area contributed by atoms with Crippen molar-refractivity contribution in [3.63, 3.8) is 0 Å². The van der Waals surface area contributed by atoms with Crippen LogP contribution in [-0.2, 0) is 11.2 Å². The summed E-state index contributed by atoms with van der Waals surface area (Å²) in [6.45, 7) is 2.33. The standard InChI is InChI=1S/C18H19N3O3/c1-12(17(19)14-5-3-2-4-6-14)18(22)20-10-9-13-7-8-15(21(23)24)11-16(13)20/h2-8,11-12,17H,9-10,19H2,1H3. The number of fused-ring (bicyclic) bond motifs is 1. The van der Waals surface area contributed by atoms with Crippen LogP contribution in [0.4, 0.5) is 11.4 Å². The van der Waals surface area contributed by atoms with E-state index in [0.717, 1.165) is 11.1 Å². The van der Waals surface area contributed by atoms with Gasteiger partial charge in [0.05, 0.1) is 16.5 Å². The third kappa shape index (κ3) is 2.88. The average molecular weight is 325 g/mol. The molecule has 0 aromatic heterocycles. The number of non-ortho nitro benzene ring substituents is 1. The van der Waals surface area contributed by atoms with Gasteiger partial charge in [0.25, 0.3) is 5.69 Å². The Morgan fingerprint density at radius 2 is 1.96 bits per heavy atom. The van der Waals surface area contributed by atoms with Crippen LogP contribution in [0.2, 0.25) is 0 Å². The van der Waals surface area contributed by atoms with Crippen molar-refractivity contribution >= 4 is 17.3 Å².